The number of carbonyl (C=O) groups excluding carboxylic acids is 1. The van der Waals surface area contributed by atoms with Gasteiger partial charge in [-0.25, -0.2) is 0 Å². The lowest BCUT2D eigenvalue weighted by atomic mass is 9.94. The minimum atomic E-state index is -0.740. The number of benzene rings is 1. The Labute approximate surface area is 104 Å². The highest BCUT2D eigenvalue weighted by Gasteiger charge is 2.41. The van der Waals surface area contributed by atoms with E-state index in [-0.39, 0.29) is 23.2 Å². The van der Waals surface area contributed by atoms with Gasteiger partial charge in [0.1, 0.15) is 17.2 Å². The summed E-state index contributed by atoms with van der Waals surface area (Å²) in [6, 6.07) is 7.57. The van der Waals surface area contributed by atoms with Crippen molar-refractivity contribution < 1.29 is 9.90 Å². The van der Waals surface area contributed by atoms with Gasteiger partial charge < -0.3 is 15.7 Å². The normalized spacial score (nSPS) is 21.9. The van der Waals surface area contributed by atoms with Gasteiger partial charge in [0, 0.05) is 13.0 Å². The van der Waals surface area contributed by atoms with E-state index in [2.05, 4.69) is 0 Å². The molecule has 1 aromatic rings. The maximum atomic E-state index is 11.3. The molecule has 0 radical (unpaired) electrons. The molecule has 92 valence electrons. The zero-order valence-electron chi connectivity index (χ0n) is 9.68. The fraction of sp³-hybridized carbons (Fsp3) is 0.231. The maximum absolute atomic E-state index is 11.3. The van der Waals surface area contributed by atoms with Crippen LogP contribution in [0.25, 0.3) is 0 Å². The van der Waals surface area contributed by atoms with Crippen LogP contribution in [-0.4, -0.2) is 27.8 Å². The minimum Gasteiger partial charge on any atom is -0.509 e. The average molecular weight is 243 g/mol. The van der Waals surface area contributed by atoms with E-state index in [1.165, 1.54) is 0 Å². The smallest absolute Gasteiger partial charge is 0.255 e. The number of amidine groups is 1. The number of hydrogen-bond acceptors (Lipinski definition) is 3. The molecule has 0 spiro atoms. The van der Waals surface area contributed by atoms with Crippen LogP contribution in [0.4, 0.5) is 0 Å². The topological polar surface area (TPSA) is 90.4 Å². The molecule has 4 N–H and O–H groups in total. The van der Waals surface area contributed by atoms with Gasteiger partial charge in [-0.2, -0.15) is 0 Å². The van der Waals surface area contributed by atoms with Crippen molar-refractivity contribution in [3.05, 3.63) is 46.7 Å². The number of primary amides is 1. The van der Waals surface area contributed by atoms with E-state index < -0.39 is 5.91 Å². The average Bonchev–Trinajstić information content (AvgIpc) is 2.59. The first-order chi connectivity index (χ1) is 8.59. The predicted octanol–water partition coefficient (Wildman–Crippen LogP) is 0.702. The number of carbonyl (C=O) groups is 1. The van der Waals surface area contributed by atoms with Crippen LogP contribution in [0.15, 0.2) is 35.6 Å². The second-order valence-electron chi connectivity index (χ2n) is 4.59. The van der Waals surface area contributed by atoms with Crippen molar-refractivity contribution in [2.75, 3.05) is 0 Å². The standard InChI is InChI=1S/C13H13N3O2/c14-12-10(13(15)18)11(17)9-5-7-3-1-2-4-8(7)6-16(9)12/h1-4,9,14,17H,5-6H2,(H2,15,18). The molecule has 3 rings (SSSR count). The van der Waals surface area contributed by atoms with Crippen molar-refractivity contribution in [1.82, 2.24) is 4.90 Å². The highest BCUT2D eigenvalue weighted by molar-refractivity contribution is 6.21. The summed E-state index contributed by atoms with van der Waals surface area (Å²) < 4.78 is 0. The molecular formula is C13H13N3O2. The fourth-order valence-electron chi connectivity index (χ4n) is 2.68. The Morgan fingerprint density at radius 3 is 2.72 bits per heavy atom. The first-order valence-corrected chi connectivity index (χ1v) is 5.75. The number of amides is 1. The lowest BCUT2D eigenvalue weighted by molar-refractivity contribution is -0.114. The van der Waals surface area contributed by atoms with Crippen molar-refractivity contribution in [2.45, 2.75) is 19.0 Å². The molecule has 18 heavy (non-hydrogen) atoms. The Morgan fingerprint density at radius 2 is 2.06 bits per heavy atom. The van der Waals surface area contributed by atoms with Crippen molar-refractivity contribution in [1.29, 1.82) is 5.41 Å². The number of hydrogen-bond donors (Lipinski definition) is 3. The molecule has 2 aliphatic rings. The zero-order valence-corrected chi connectivity index (χ0v) is 9.68. The van der Waals surface area contributed by atoms with Crippen LogP contribution in [0.3, 0.4) is 0 Å². The van der Waals surface area contributed by atoms with Gasteiger partial charge in [0.2, 0.25) is 0 Å². The number of aliphatic hydroxyl groups is 1. The molecule has 1 atom stereocenters. The summed E-state index contributed by atoms with van der Waals surface area (Å²) in [5.41, 5.74) is 7.43. The van der Waals surface area contributed by atoms with E-state index in [1.54, 1.807) is 4.90 Å². The number of nitrogens with zero attached hydrogens (tertiary/aromatic N) is 1. The second kappa shape index (κ2) is 3.60. The Bertz CT molecular complexity index is 592. The third-order valence-electron chi connectivity index (χ3n) is 3.59. The Balaban J connectivity index is 2.04. The molecule has 2 aliphatic heterocycles. The number of nitrogens with one attached hydrogen (secondary N) is 1. The largest absolute Gasteiger partial charge is 0.509 e. The van der Waals surface area contributed by atoms with E-state index >= 15 is 0 Å². The van der Waals surface area contributed by atoms with Gasteiger partial charge in [-0.3, -0.25) is 10.2 Å². The van der Waals surface area contributed by atoms with Gasteiger partial charge in [0.05, 0.1) is 6.04 Å². The molecule has 1 unspecified atom stereocenters. The zero-order chi connectivity index (χ0) is 12.9. The Hall–Kier alpha value is -2.30. The maximum Gasteiger partial charge on any atom is 0.255 e. The van der Waals surface area contributed by atoms with Crippen LogP contribution in [0.5, 0.6) is 0 Å². The SMILES string of the molecule is N=C1C(C(N)=O)=C(O)C2Cc3ccccc3CN12. The molecule has 0 aromatic heterocycles. The van der Waals surface area contributed by atoms with Crippen LogP contribution >= 0.6 is 0 Å². The number of rotatable bonds is 1. The third kappa shape index (κ3) is 1.33. The monoisotopic (exact) mass is 243 g/mol. The molecule has 0 saturated heterocycles. The third-order valence-corrected chi connectivity index (χ3v) is 3.59. The molecule has 0 bridgehead atoms. The van der Waals surface area contributed by atoms with Gasteiger partial charge in [-0.15, -0.1) is 0 Å². The molecule has 0 aliphatic carbocycles. The predicted molar refractivity (Wildman–Crippen MR) is 66.1 cm³/mol. The summed E-state index contributed by atoms with van der Waals surface area (Å²) >= 11 is 0. The number of aliphatic hydroxyl groups excluding tert-OH is 1. The van der Waals surface area contributed by atoms with E-state index in [1.807, 2.05) is 24.3 Å². The van der Waals surface area contributed by atoms with E-state index in [4.69, 9.17) is 11.1 Å². The van der Waals surface area contributed by atoms with Gasteiger partial charge >= 0.3 is 0 Å². The number of fused-ring (bicyclic) bond motifs is 2. The molecule has 2 heterocycles. The molecule has 5 heteroatoms. The first kappa shape index (κ1) is 10.8. The molecule has 1 amide bonds. The van der Waals surface area contributed by atoms with Gasteiger partial charge in [-0.05, 0) is 11.1 Å². The van der Waals surface area contributed by atoms with Gasteiger partial charge in [0.15, 0.2) is 0 Å². The molecule has 1 aromatic carbocycles. The second-order valence-corrected chi connectivity index (χ2v) is 4.59. The van der Waals surface area contributed by atoms with Crippen molar-refractivity contribution in [3.8, 4) is 0 Å². The van der Waals surface area contributed by atoms with Gasteiger partial charge in [0.25, 0.3) is 5.91 Å². The fourth-order valence-corrected chi connectivity index (χ4v) is 2.68. The Morgan fingerprint density at radius 1 is 1.39 bits per heavy atom. The lowest BCUT2D eigenvalue weighted by Crippen LogP contribution is -2.40. The lowest BCUT2D eigenvalue weighted by Gasteiger charge is -2.32. The highest BCUT2D eigenvalue weighted by atomic mass is 16.3. The van der Waals surface area contributed by atoms with Crippen LogP contribution in [0.1, 0.15) is 11.1 Å². The van der Waals surface area contributed by atoms with Crippen LogP contribution in [0.2, 0.25) is 0 Å². The molecule has 0 fully saturated rings. The summed E-state index contributed by atoms with van der Waals surface area (Å²) in [5, 5.41) is 18.0. The van der Waals surface area contributed by atoms with E-state index in [0.717, 1.165) is 11.1 Å². The van der Waals surface area contributed by atoms with E-state index in [0.29, 0.717) is 13.0 Å². The highest BCUT2D eigenvalue weighted by Crippen LogP contribution is 2.33. The van der Waals surface area contributed by atoms with Crippen molar-refractivity contribution in [3.63, 3.8) is 0 Å². The summed E-state index contributed by atoms with van der Waals surface area (Å²) in [6.45, 7) is 0.528. The molecule has 5 nitrogen and oxygen atoms in total. The number of nitrogens with two attached hydrogens (primary N) is 1. The van der Waals surface area contributed by atoms with Crippen LogP contribution in [0, 0.1) is 5.41 Å². The van der Waals surface area contributed by atoms with Crippen LogP contribution in [-0.2, 0) is 17.8 Å². The summed E-state index contributed by atoms with van der Waals surface area (Å²) in [7, 11) is 0. The van der Waals surface area contributed by atoms with Gasteiger partial charge in [-0.1, -0.05) is 24.3 Å². The van der Waals surface area contributed by atoms with Crippen molar-refractivity contribution in [2.24, 2.45) is 5.73 Å². The summed E-state index contributed by atoms with van der Waals surface area (Å²) in [5.74, 6) is -0.780. The molecular weight excluding hydrogens is 230 g/mol. The quantitative estimate of drug-likeness (QED) is 0.678. The Kier molecular flexibility index (Phi) is 2.16. The van der Waals surface area contributed by atoms with Crippen molar-refractivity contribution >= 4 is 11.7 Å². The first-order valence-electron chi connectivity index (χ1n) is 5.75. The molecule has 0 saturated carbocycles. The summed E-state index contributed by atoms with van der Waals surface area (Å²) in [4.78, 5) is 13.0. The van der Waals surface area contributed by atoms with E-state index in [9.17, 15) is 9.90 Å². The summed E-state index contributed by atoms with van der Waals surface area (Å²) in [6.07, 6.45) is 0.598. The van der Waals surface area contributed by atoms with Crippen LogP contribution < -0.4 is 5.73 Å². The minimum absolute atomic E-state index is 0.0273.